The largest absolute Gasteiger partial charge is 0.343 e. The minimum absolute atomic E-state index is 0.612. The lowest BCUT2D eigenvalue weighted by Gasteiger charge is -2.09. The van der Waals surface area contributed by atoms with Gasteiger partial charge in [-0.1, -0.05) is 48.0 Å². The number of nitrogens with zero attached hydrogens (tertiary/aromatic N) is 4. The highest BCUT2D eigenvalue weighted by atomic mass is 15.5. The fourth-order valence-electron chi connectivity index (χ4n) is 3.55. The average Bonchev–Trinajstić information content (AvgIpc) is 3.39. The van der Waals surface area contributed by atoms with Gasteiger partial charge >= 0.3 is 0 Å². The fraction of sp³-hybridized carbons (Fsp3) is 0.0870. The molecule has 5 aromatic rings. The number of fused-ring (bicyclic) bond motifs is 1. The van der Waals surface area contributed by atoms with Crippen molar-refractivity contribution in [3.05, 3.63) is 90.1 Å². The van der Waals surface area contributed by atoms with Gasteiger partial charge in [-0.2, -0.15) is 5.21 Å². The maximum Gasteiger partial charge on any atom is 0.204 e. The van der Waals surface area contributed by atoms with Crippen LogP contribution in [-0.4, -0.2) is 25.2 Å². The molecule has 0 saturated heterocycles. The minimum atomic E-state index is 0.612. The van der Waals surface area contributed by atoms with Crippen LogP contribution >= 0.6 is 0 Å². The van der Waals surface area contributed by atoms with Gasteiger partial charge in [-0.05, 0) is 59.2 Å². The van der Waals surface area contributed by atoms with E-state index in [1.165, 1.54) is 27.8 Å². The fourth-order valence-corrected chi connectivity index (χ4v) is 3.55. The molecule has 0 spiro atoms. The molecule has 0 amide bonds. The molecule has 28 heavy (non-hydrogen) atoms. The number of hydrogen-bond donors (Lipinski definition) is 1. The zero-order valence-corrected chi connectivity index (χ0v) is 15.5. The maximum absolute atomic E-state index is 4.06. The molecule has 0 aliphatic heterocycles. The van der Waals surface area contributed by atoms with Crippen molar-refractivity contribution >= 4 is 10.9 Å². The maximum atomic E-state index is 4.06. The van der Waals surface area contributed by atoms with Crippen LogP contribution in [0.5, 0.6) is 0 Å². The lowest BCUT2D eigenvalue weighted by molar-refractivity contribution is 0.837. The molecule has 136 valence electrons. The molecule has 2 heterocycles. The number of aryl methyl sites for hydroxylation is 1. The molecule has 0 saturated carbocycles. The minimum Gasteiger partial charge on any atom is -0.343 e. The average molecular weight is 365 g/mol. The topological polar surface area (TPSA) is 59.4 Å². The molecule has 0 fully saturated rings. The third-order valence-corrected chi connectivity index (χ3v) is 5.04. The van der Waals surface area contributed by atoms with Gasteiger partial charge < -0.3 is 4.57 Å². The normalized spacial score (nSPS) is 11.2. The quantitative estimate of drug-likeness (QED) is 0.495. The molecule has 3 aromatic carbocycles. The molecule has 5 heteroatoms. The second kappa shape index (κ2) is 6.78. The van der Waals surface area contributed by atoms with Crippen molar-refractivity contribution in [1.82, 2.24) is 25.2 Å². The van der Waals surface area contributed by atoms with Gasteiger partial charge in [0, 0.05) is 29.2 Å². The Morgan fingerprint density at radius 1 is 0.857 bits per heavy atom. The molecule has 0 radical (unpaired) electrons. The number of rotatable bonds is 4. The summed E-state index contributed by atoms with van der Waals surface area (Å²) < 4.78 is 2.27. The van der Waals surface area contributed by atoms with Gasteiger partial charge in [0.05, 0.1) is 0 Å². The van der Waals surface area contributed by atoms with Gasteiger partial charge in [-0.15, -0.1) is 10.2 Å². The number of nitrogens with one attached hydrogen (secondary N) is 1. The zero-order valence-electron chi connectivity index (χ0n) is 15.5. The number of aromatic nitrogens is 5. The molecule has 0 aliphatic carbocycles. The highest BCUT2D eigenvalue weighted by Crippen LogP contribution is 2.25. The SMILES string of the molecule is Cc1ccc(-c2cccc(Cn3ccc4cc(-c5nn[nH]n5)ccc43)c2)cc1. The van der Waals surface area contributed by atoms with E-state index in [1.807, 2.05) is 6.07 Å². The Hall–Kier alpha value is -3.73. The van der Waals surface area contributed by atoms with E-state index in [0.29, 0.717) is 5.82 Å². The first-order valence-electron chi connectivity index (χ1n) is 9.25. The first-order valence-corrected chi connectivity index (χ1v) is 9.25. The van der Waals surface area contributed by atoms with E-state index in [-0.39, 0.29) is 0 Å². The molecule has 1 N–H and O–H groups in total. The van der Waals surface area contributed by atoms with E-state index < -0.39 is 0 Å². The number of benzene rings is 3. The van der Waals surface area contributed by atoms with E-state index in [2.05, 4.69) is 105 Å². The van der Waals surface area contributed by atoms with Crippen LogP contribution in [0.2, 0.25) is 0 Å². The second-order valence-electron chi connectivity index (χ2n) is 7.02. The van der Waals surface area contributed by atoms with Gasteiger partial charge in [0.15, 0.2) is 0 Å². The highest BCUT2D eigenvalue weighted by molar-refractivity contribution is 5.84. The third kappa shape index (κ3) is 3.07. The summed E-state index contributed by atoms with van der Waals surface area (Å²) in [5, 5.41) is 15.4. The first kappa shape index (κ1) is 16.4. The van der Waals surface area contributed by atoms with Crippen molar-refractivity contribution < 1.29 is 0 Å². The summed E-state index contributed by atoms with van der Waals surface area (Å²) in [5.74, 6) is 0.612. The number of hydrogen-bond acceptors (Lipinski definition) is 3. The van der Waals surface area contributed by atoms with Gasteiger partial charge in [-0.25, -0.2) is 0 Å². The summed E-state index contributed by atoms with van der Waals surface area (Å²) in [6.45, 7) is 2.94. The van der Waals surface area contributed by atoms with Crippen LogP contribution in [0.4, 0.5) is 0 Å². The monoisotopic (exact) mass is 365 g/mol. The third-order valence-electron chi connectivity index (χ3n) is 5.04. The molecule has 5 nitrogen and oxygen atoms in total. The smallest absolute Gasteiger partial charge is 0.204 e. The van der Waals surface area contributed by atoms with Crippen molar-refractivity contribution in [2.75, 3.05) is 0 Å². The van der Waals surface area contributed by atoms with Crippen molar-refractivity contribution in [3.63, 3.8) is 0 Å². The highest BCUT2D eigenvalue weighted by Gasteiger charge is 2.08. The molecule has 0 aliphatic rings. The van der Waals surface area contributed by atoms with Crippen LogP contribution in [0.1, 0.15) is 11.1 Å². The molecule has 2 aromatic heterocycles. The van der Waals surface area contributed by atoms with Crippen LogP contribution in [0, 0.1) is 6.92 Å². The van der Waals surface area contributed by atoms with E-state index >= 15 is 0 Å². The van der Waals surface area contributed by atoms with Crippen molar-refractivity contribution in [2.24, 2.45) is 0 Å². The Morgan fingerprint density at radius 2 is 1.71 bits per heavy atom. The predicted molar refractivity (Wildman–Crippen MR) is 111 cm³/mol. The molecule has 0 atom stereocenters. The number of aromatic amines is 1. The summed E-state index contributed by atoms with van der Waals surface area (Å²) in [4.78, 5) is 0. The molecule has 5 rings (SSSR count). The van der Waals surface area contributed by atoms with Gasteiger partial charge in [0.2, 0.25) is 5.82 Å². The molecular formula is C23H19N5. The Labute approximate surface area is 162 Å². The molecule has 0 bridgehead atoms. The van der Waals surface area contributed by atoms with E-state index in [1.54, 1.807) is 0 Å². The Morgan fingerprint density at radius 3 is 2.54 bits per heavy atom. The van der Waals surface area contributed by atoms with Crippen molar-refractivity contribution in [1.29, 1.82) is 0 Å². The summed E-state index contributed by atoms with van der Waals surface area (Å²) in [6.07, 6.45) is 2.13. The van der Waals surface area contributed by atoms with Gasteiger partial charge in [0.25, 0.3) is 0 Å². The van der Waals surface area contributed by atoms with Gasteiger partial charge in [-0.3, -0.25) is 0 Å². The summed E-state index contributed by atoms with van der Waals surface area (Å²) in [7, 11) is 0. The van der Waals surface area contributed by atoms with Crippen LogP contribution in [-0.2, 0) is 6.54 Å². The first-order chi connectivity index (χ1) is 13.8. The Balaban J connectivity index is 1.45. The van der Waals surface area contributed by atoms with Gasteiger partial charge in [0.1, 0.15) is 0 Å². The van der Waals surface area contributed by atoms with E-state index in [4.69, 9.17) is 0 Å². The van der Waals surface area contributed by atoms with Crippen molar-refractivity contribution in [3.8, 4) is 22.5 Å². The van der Waals surface area contributed by atoms with Crippen LogP contribution in [0.25, 0.3) is 33.4 Å². The molecular weight excluding hydrogens is 346 g/mol. The summed E-state index contributed by atoms with van der Waals surface area (Å²) >= 11 is 0. The van der Waals surface area contributed by atoms with E-state index in [9.17, 15) is 0 Å². The lowest BCUT2D eigenvalue weighted by atomic mass is 10.0. The number of H-pyrrole nitrogens is 1. The van der Waals surface area contributed by atoms with Crippen molar-refractivity contribution in [2.45, 2.75) is 13.5 Å². The standard InChI is InChI=1S/C23H19N5/c1-16-5-7-18(8-6-16)19-4-2-3-17(13-19)15-28-12-11-20-14-21(9-10-22(20)28)23-24-26-27-25-23/h2-14H,15H2,1H3,(H,24,25,26,27). The van der Waals surface area contributed by atoms with E-state index in [0.717, 1.165) is 17.5 Å². The van der Waals surface area contributed by atoms with Crippen LogP contribution in [0.15, 0.2) is 79.0 Å². The Bertz CT molecular complexity index is 1230. The second-order valence-corrected chi connectivity index (χ2v) is 7.02. The predicted octanol–water partition coefficient (Wildman–Crippen LogP) is 4.85. The lowest BCUT2D eigenvalue weighted by Crippen LogP contribution is -1.98. The number of tetrazole rings is 1. The van der Waals surface area contributed by atoms with Crippen LogP contribution in [0.3, 0.4) is 0 Å². The summed E-state index contributed by atoms with van der Waals surface area (Å²) in [6, 6.07) is 25.8. The van der Waals surface area contributed by atoms with Crippen LogP contribution < -0.4 is 0 Å². The zero-order chi connectivity index (χ0) is 18.9. The molecule has 0 unspecified atom stereocenters. The Kier molecular flexibility index (Phi) is 3.98. The summed E-state index contributed by atoms with van der Waals surface area (Å²) in [5.41, 5.74) is 7.19.